The van der Waals surface area contributed by atoms with Gasteiger partial charge in [0.1, 0.15) is 0 Å². The molecule has 1 atom stereocenters. The minimum absolute atomic E-state index is 0. The van der Waals surface area contributed by atoms with E-state index in [0.29, 0.717) is 11.9 Å². The predicted octanol–water partition coefficient (Wildman–Crippen LogP) is 2.43. The fraction of sp³-hybridized carbons (Fsp3) is 0.929. The molecule has 1 heterocycles. The largest absolute Gasteiger partial charge is 0.370 e. The molecule has 0 spiro atoms. The van der Waals surface area contributed by atoms with E-state index in [-0.39, 0.29) is 24.0 Å². The van der Waals surface area contributed by atoms with E-state index in [1.54, 1.807) is 0 Å². The van der Waals surface area contributed by atoms with Gasteiger partial charge in [-0.05, 0) is 38.6 Å². The molecular weight excluding hydrogens is 351 g/mol. The minimum atomic E-state index is 0. The monoisotopic (exact) mass is 382 g/mol. The van der Waals surface area contributed by atoms with E-state index < -0.39 is 0 Å². The maximum Gasteiger partial charge on any atom is 0.188 e. The average molecular weight is 382 g/mol. The van der Waals surface area contributed by atoms with Crippen LogP contribution in [-0.4, -0.2) is 43.1 Å². The summed E-state index contributed by atoms with van der Waals surface area (Å²) in [5.41, 5.74) is 5.79. The molecule has 0 aromatic rings. The lowest BCUT2D eigenvalue weighted by molar-refractivity contribution is 0.159. The second kappa shape index (κ2) is 10.7. The summed E-state index contributed by atoms with van der Waals surface area (Å²) < 4.78 is 0. The van der Waals surface area contributed by atoms with Crippen LogP contribution in [0.1, 0.15) is 46.5 Å². The van der Waals surface area contributed by atoms with Crippen molar-refractivity contribution in [1.29, 1.82) is 0 Å². The highest BCUT2D eigenvalue weighted by Crippen LogP contribution is 2.15. The number of guanidine groups is 1. The number of nitrogens with two attached hydrogens (primary N) is 1. The smallest absolute Gasteiger partial charge is 0.188 e. The molecule has 4 nitrogen and oxygen atoms in total. The molecule has 1 aliphatic heterocycles. The molecule has 0 aromatic heterocycles. The van der Waals surface area contributed by atoms with E-state index in [1.807, 2.05) is 0 Å². The Hall–Kier alpha value is -0.0400. The van der Waals surface area contributed by atoms with Crippen molar-refractivity contribution in [2.75, 3.05) is 26.2 Å². The second-order valence-electron chi connectivity index (χ2n) is 5.78. The van der Waals surface area contributed by atoms with Gasteiger partial charge in [0.15, 0.2) is 5.96 Å². The van der Waals surface area contributed by atoms with Crippen molar-refractivity contribution in [2.24, 2.45) is 16.6 Å². The summed E-state index contributed by atoms with van der Waals surface area (Å²) in [5.74, 6) is 1.16. The van der Waals surface area contributed by atoms with Crippen LogP contribution in [0.4, 0.5) is 0 Å². The molecule has 0 amide bonds. The SMILES string of the molecule is CC(C)CN=C(N)NCCCN1CCCCC1C.I. The molecule has 1 fully saturated rings. The Labute approximate surface area is 135 Å². The van der Waals surface area contributed by atoms with Crippen LogP contribution in [-0.2, 0) is 0 Å². The van der Waals surface area contributed by atoms with Gasteiger partial charge in [0.05, 0.1) is 0 Å². The third kappa shape index (κ3) is 8.68. The van der Waals surface area contributed by atoms with Gasteiger partial charge in [-0.2, -0.15) is 0 Å². The van der Waals surface area contributed by atoms with E-state index >= 15 is 0 Å². The Morgan fingerprint density at radius 2 is 2.16 bits per heavy atom. The first-order valence-electron chi connectivity index (χ1n) is 7.37. The maximum absolute atomic E-state index is 5.79. The number of hydrogen-bond acceptors (Lipinski definition) is 2. The highest BCUT2D eigenvalue weighted by atomic mass is 127. The summed E-state index contributed by atoms with van der Waals surface area (Å²) in [7, 11) is 0. The highest BCUT2D eigenvalue weighted by Gasteiger charge is 2.16. The van der Waals surface area contributed by atoms with Gasteiger partial charge in [0.25, 0.3) is 0 Å². The van der Waals surface area contributed by atoms with E-state index in [4.69, 9.17) is 5.73 Å². The van der Waals surface area contributed by atoms with Gasteiger partial charge in [-0.3, -0.25) is 4.99 Å². The van der Waals surface area contributed by atoms with Crippen LogP contribution in [0.2, 0.25) is 0 Å². The number of nitrogens with one attached hydrogen (secondary N) is 1. The first kappa shape index (κ1) is 19.0. The summed E-state index contributed by atoms with van der Waals surface area (Å²) in [6.45, 7) is 10.8. The third-order valence-corrected chi connectivity index (χ3v) is 3.50. The van der Waals surface area contributed by atoms with Gasteiger partial charge < -0.3 is 16.0 Å². The molecule has 0 bridgehead atoms. The third-order valence-electron chi connectivity index (χ3n) is 3.50. The van der Waals surface area contributed by atoms with Crippen molar-refractivity contribution < 1.29 is 0 Å². The number of hydrogen-bond donors (Lipinski definition) is 2. The van der Waals surface area contributed by atoms with E-state index in [1.165, 1.54) is 32.4 Å². The Morgan fingerprint density at radius 1 is 1.42 bits per heavy atom. The van der Waals surface area contributed by atoms with Crippen LogP contribution in [0, 0.1) is 5.92 Å². The predicted molar refractivity (Wildman–Crippen MR) is 94.2 cm³/mol. The molecule has 0 saturated carbocycles. The van der Waals surface area contributed by atoms with Gasteiger partial charge in [-0.15, -0.1) is 24.0 Å². The standard InChI is InChI=1S/C14H30N4.HI/c1-12(2)11-17-14(15)16-8-6-10-18-9-5-4-7-13(18)3;/h12-13H,4-11H2,1-3H3,(H3,15,16,17);1H. The summed E-state index contributed by atoms with van der Waals surface area (Å²) >= 11 is 0. The molecule has 0 aromatic carbocycles. The number of halogens is 1. The summed E-state index contributed by atoms with van der Waals surface area (Å²) in [6.07, 6.45) is 5.24. The maximum atomic E-state index is 5.79. The zero-order valence-electron chi connectivity index (χ0n) is 12.7. The second-order valence-corrected chi connectivity index (χ2v) is 5.78. The van der Waals surface area contributed by atoms with Crippen molar-refractivity contribution in [3.8, 4) is 0 Å². The van der Waals surface area contributed by atoms with Crippen molar-refractivity contribution in [1.82, 2.24) is 10.2 Å². The van der Waals surface area contributed by atoms with Crippen LogP contribution in [0.5, 0.6) is 0 Å². The van der Waals surface area contributed by atoms with Crippen LogP contribution in [0.3, 0.4) is 0 Å². The zero-order valence-corrected chi connectivity index (χ0v) is 15.0. The number of rotatable bonds is 6. The van der Waals surface area contributed by atoms with Gasteiger partial charge in [-0.1, -0.05) is 20.3 Å². The van der Waals surface area contributed by atoms with Gasteiger partial charge in [0.2, 0.25) is 0 Å². The molecule has 1 rings (SSSR count). The van der Waals surface area contributed by atoms with Crippen molar-refractivity contribution >= 4 is 29.9 Å². The van der Waals surface area contributed by atoms with Crippen LogP contribution in [0.15, 0.2) is 4.99 Å². The molecule has 1 aliphatic rings. The Bertz CT molecular complexity index is 256. The number of nitrogens with zero attached hydrogens (tertiary/aromatic N) is 2. The van der Waals surface area contributed by atoms with Crippen molar-refractivity contribution in [3.63, 3.8) is 0 Å². The summed E-state index contributed by atoms with van der Waals surface area (Å²) in [6, 6.07) is 0.755. The summed E-state index contributed by atoms with van der Waals surface area (Å²) in [4.78, 5) is 6.88. The molecule has 3 N–H and O–H groups in total. The Morgan fingerprint density at radius 3 is 2.79 bits per heavy atom. The van der Waals surface area contributed by atoms with E-state index in [0.717, 1.165) is 25.6 Å². The van der Waals surface area contributed by atoms with Crippen LogP contribution >= 0.6 is 24.0 Å². The fourth-order valence-electron chi connectivity index (χ4n) is 2.33. The quantitative estimate of drug-likeness (QED) is 0.321. The van der Waals surface area contributed by atoms with Crippen LogP contribution in [0.25, 0.3) is 0 Å². The lowest BCUT2D eigenvalue weighted by Gasteiger charge is -2.33. The highest BCUT2D eigenvalue weighted by molar-refractivity contribution is 14.0. The number of aliphatic imine (C=N–C) groups is 1. The average Bonchev–Trinajstić information content (AvgIpc) is 2.34. The van der Waals surface area contributed by atoms with Crippen LogP contribution < -0.4 is 11.1 Å². The van der Waals surface area contributed by atoms with Crippen molar-refractivity contribution in [3.05, 3.63) is 0 Å². The van der Waals surface area contributed by atoms with Gasteiger partial charge in [-0.25, -0.2) is 0 Å². The molecule has 0 aliphatic carbocycles. The molecule has 114 valence electrons. The van der Waals surface area contributed by atoms with Gasteiger partial charge in [0, 0.05) is 25.7 Å². The molecule has 19 heavy (non-hydrogen) atoms. The number of piperidine rings is 1. The minimum Gasteiger partial charge on any atom is -0.370 e. The van der Waals surface area contributed by atoms with Gasteiger partial charge >= 0.3 is 0 Å². The lowest BCUT2D eigenvalue weighted by Crippen LogP contribution is -2.40. The first-order valence-corrected chi connectivity index (χ1v) is 7.37. The summed E-state index contributed by atoms with van der Waals surface area (Å²) in [5, 5.41) is 3.19. The molecule has 1 saturated heterocycles. The molecular formula is C14H31IN4. The normalized spacial score (nSPS) is 21.3. The number of likely N-dealkylation sites (tertiary alicyclic amines) is 1. The topological polar surface area (TPSA) is 53.6 Å². The zero-order chi connectivity index (χ0) is 13.4. The van der Waals surface area contributed by atoms with E-state index in [2.05, 4.69) is 36.0 Å². The van der Waals surface area contributed by atoms with E-state index in [9.17, 15) is 0 Å². The van der Waals surface area contributed by atoms with Crippen molar-refractivity contribution in [2.45, 2.75) is 52.5 Å². The lowest BCUT2D eigenvalue weighted by atomic mass is 10.0. The molecule has 0 radical (unpaired) electrons. The molecule has 1 unspecified atom stereocenters. The molecule has 5 heteroatoms. The first-order chi connectivity index (χ1) is 8.59. The Balaban J connectivity index is 0.00000324. The fourth-order valence-corrected chi connectivity index (χ4v) is 2.33. The Kier molecular flexibility index (Phi) is 10.7.